The Bertz CT molecular complexity index is 299. The van der Waals surface area contributed by atoms with Crippen LogP contribution in [0.15, 0.2) is 0 Å². The predicted octanol–water partition coefficient (Wildman–Crippen LogP) is 2.76. The molecule has 5 heteroatoms. The Morgan fingerprint density at radius 2 is 1.70 bits per heavy atom. The fourth-order valence-corrected chi connectivity index (χ4v) is 2.67. The Morgan fingerprint density at radius 3 is 2.35 bits per heavy atom. The maximum absolute atomic E-state index is 11.5. The summed E-state index contributed by atoms with van der Waals surface area (Å²) in [7, 11) is 0. The van der Waals surface area contributed by atoms with Crippen LogP contribution in [0.3, 0.4) is 0 Å². The lowest BCUT2D eigenvalue weighted by Crippen LogP contribution is -2.37. The van der Waals surface area contributed by atoms with Crippen LogP contribution in [-0.4, -0.2) is 30.2 Å². The largest absolute Gasteiger partial charge is 0.481 e. The van der Waals surface area contributed by atoms with E-state index in [1.54, 1.807) is 0 Å². The van der Waals surface area contributed by atoms with Gasteiger partial charge in [-0.25, -0.2) is 4.79 Å². The molecule has 3 N–H and O–H groups in total. The number of unbranched alkanes of at least 4 members (excludes halogenated alkanes) is 1. The molecule has 20 heavy (non-hydrogen) atoms. The van der Waals surface area contributed by atoms with Crippen LogP contribution in [0.5, 0.6) is 0 Å². The molecule has 0 aromatic heterocycles. The van der Waals surface area contributed by atoms with E-state index >= 15 is 0 Å². The van der Waals surface area contributed by atoms with Crippen LogP contribution >= 0.6 is 0 Å². The summed E-state index contributed by atoms with van der Waals surface area (Å²) in [5, 5.41) is 14.1. The molecule has 1 aliphatic carbocycles. The fourth-order valence-electron chi connectivity index (χ4n) is 2.67. The van der Waals surface area contributed by atoms with Crippen molar-refractivity contribution in [2.45, 2.75) is 58.3 Å². The van der Waals surface area contributed by atoms with Crippen LogP contribution in [-0.2, 0) is 4.79 Å². The molecule has 0 atom stereocenters. The third-order valence-electron chi connectivity index (χ3n) is 4.08. The number of carboxylic acids is 1. The standard InChI is InChI=1S/C15H28N2O3/c1-12-5-7-13(8-6-12)9-11-17-15(20)16-10-3-2-4-14(18)19/h12-13H,2-11H2,1H3,(H,18,19)(H2,16,17,20). The predicted molar refractivity (Wildman–Crippen MR) is 78.6 cm³/mol. The molecule has 0 aromatic rings. The summed E-state index contributed by atoms with van der Waals surface area (Å²) in [5.74, 6) is 0.853. The molecular weight excluding hydrogens is 256 g/mol. The average molecular weight is 284 g/mol. The van der Waals surface area contributed by atoms with Crippen molar-refractivity contribution in [3.63, 3.8) is 0 Å². The molecule has 1 saturated carbocycles. The van der Waals surface area contributed by atoms with Gasteiger partial charge in [0.2, 0.25) is 0 Å². The van der Waals surface area contributed by atoms with E-state index in [4.69, 9.17) is 5.11 Å². The topological polar surface area (TPSA) is 78.4 Å². The monoisotopic (exact) mass is 284 g/mol. The molecule has 1 fully saturated rings. The second-order valence-electron chi connectivity index (χ2n) is 5.95. The lowest BCUT2D eigenvalue weighted by atomic mass is 9.81. The van der Waals surface area contributed by atoms with Crippen molar-refractivity contribution >= 4 is 12.0 Å². The molecule has 0 bridgehead atoms. The molecule has 5 nitrogen and oxygen atoms in total. The molecule has 0 spiro atoms. The third-order valence-corrected chi connectivity index (χ3v) is 4.08. The van der Waals surface area contributed by atoms with E-state index in [0.29, 0.717) is 19.4 Å². The molecule has 0 saturated heterocycles. The second-order valence-corrected chi connectivity index (χ2v) is 5.95. The van der Waals surface area contributed by atoms with Crippen LogP contribution in [0.25, 0.3) is 0 Å². The first kappa shape index (κ1) is 16.8. The first-order chi connectivity index (χ1) is 9.58. The maximum atomic E-state index is 11.5. The van der Waals surface area contributed by atoms with Crippen molar-refractivity contribution < 1.29 is 14.7 Å². The van der Waals surface area contributed by atoms with Gasteiger partial charge in [0, 0.05) is 19.5 Å². The molecule has 2 amide bonds. The zero-order valence-corrected chi connectivity index (χ0v) is 12.5. The first-order valence-corrected chi connectivity index (χ1v) is 7.81. The van der Waals surface area contributed by atoms with Gasteiger partial charge in [-0.15, -0.1) is 0 Å². The minimum Gasteiger partial charge on any atom is -0.481 e. The van der Waals surface area contributed by atoms with E-state index in [-0.39, 0.29) is 12.5 Å². The van der Waals surface area contributed by atoms with Crippen molar-refractivity contribution in [1.29, 1.82) is 0 Å². The number of nitrogens with one attached hydrogen (secondary N) is 2. The van der Waals surface area contributed by atoms with Gasteiger partial charge < -0.3 is 15.7 Å². The maximum Gasteiger partial charge on any atom is 0.314 e. The van der Waals surface area contributed by atoms with Crippen molar-refractivity contribution in [2.24, 2.45) is 11.8 Å². The van der Waals surface area contributed by atoms with Gasteiger partial charge in [-0.3, -0.25) is 4.79 Å². The van der Waals surface area contributed by atoms with Crippen LogP contribution < -0.4 is 10.6 Å². The molecule has 0 aliphatic heterocycles. The normalized spacial score (nSPS) is 22.2. The summed E-state index contributed by atoms with van der Waals surface area (Å²) in [6, 6.07) is -0.135. The number of carboxylic acid groups (broad SMARTS) is 1. The Balaban J connectivity index is 1.93. The van der Waals surface area contributed by atoms with Gasteiger partial charge in [-0.05, 0) is 31.1 Å². The van der Waals surface area contributed by atoms with Crippen LogP contribution in [0.4, 0.5) is 4.79 Å². The average Bonchev–Trinajstić information content (AvgIpc) is 2.40. The van der Waals surface area contributed by atoms with Crippen LogP contribution in [0, 0.1) is 11.8 Å². The molecule has 0 unspecified atom stereocenters. The van der Waals surface area contributed by atoms with Crippen LogP contribution in [0.2, 0.25) is 0 Å². The summed E-state index contributed by atoms with van der Waals surface area (Å²) in [6.45, 7) is 3.59. The van der Waals surface area contributed by atoms with E-state index in [1.807, 2.05) is 0 Å². The van der Waals surface area contributed by atoms with Gasteiger partial charge in [0.1, 0.15) is 0 Å². The third kappa shape index (κ3) is 8.02. The van der Waals surface area contributed by atoms with Crippen molar-refractivity contribution in [3.8, 4) is 0 Å². The SMILES string of the molecule is CC1CCC(CCNC(=O)NCCCCC(=O)O)CC1. The molecule has 0 heterocycles. The van der Waals surface area contributed by atoms with E-state index in [0.717, 1.165) is 24.8 Å². The quantitative estimate of drug-likeness (QED) is 0.600. The Morgan fingerprint density at radius 1 is 1.05 bits per heavy atom. The lowest BCUT2D eigenvalue weighted by molar-refractivity contribution is -0.137. The summed E-state index contributed by atoms with van der Waals surface area (Å²) >= 11 is 0. The molecular formula is C15H28N2O3. The number of urea groups is 1. The fraction of sp³-hybridized carbons (Fsp3) is 0.867. The van der Waals surface area contributed by atoms with Crippen molar-refractivity contribution in [2.75, 3.05) is 13.1 Å². The number of carbonyl (C=O) groups excluding carboxylic acids is 1. The highest BCUT2D eigenvalue weighted by atomic mass is 16.4. The Kier molecular flexibility index (Phi) is 8.07. The highest BCUT2D eigenvalue weighted by Crippen LogP contribution is 2.29. The second kappa shape index (κ2) is 9.61. The minimum atomic E-state index is -0.781. The number of amides is 2. The smallest absolute Gasteiger partial charge is 0.314 e. The van der Waals surface area contributed by atoms with Crippen LogP contribution in [0.1, 0.15) is 58.3 Å². The molecule has 1 rings (SSSR count). The number of carbonyl (C=O) groups is 2. The first-order valence-electron chi connectivity index (χ1n) is 7.81. The highest BCUT2D eigenvalue weighted by Gasteiger charge is 2.17. The Hall–Kier alpha value is -1.26. The summed E-state index contributed by atoms with van der Waals surface area (Å²) in [4.78, 5) is 21.8. The summed E-state index contributed by atoms with van der Waals surface area (Å²) in [6.07, 6.45) is 7.78. The number of aliphatic carboxylic acids is 1. The Labute approximate surface area is 121 Å². The lowest BCUT2D eigenvalue weighted by Gasteiger charge is -2.26. The van der Waals surface area contributed by atoms with Crippen molar-refractivity contribution in [1.82, 2.24) is 10.6 Å². The minimum absolute atomic E-state index is 0.135. The van der Waals surface area contributed by atoms with E-state index in [1.165, 1.54) is 25.7 Å². The van der Waals surface area contributed by atoms with Crippen molar-refractivity contribution in [3.05, 3.63) is 0 Å². The number of hydrogen-bond acceptors (Lipinski definition) is 2. The van der Waals surface area contributed by atoms with Gasteiger partial charge >= 0.3 is 12.0 Å². The van der Waals surface area contributed by atoms with Gasteiger partial charge in [-0.2, -0.15) is 0 Å². The molecule has 0 radical (unpaired) electrons. The highest BCUT2D eigenvalue weighted by molar-refractivity contribution is 5.73. The van der Waals surface area contributed by atoms with Gasteiger partial charge in [-0.1, -0.05) is 32.6 Å². The molecule has 116 valence electrons. The van der Waals surface area contributed by atoms with Gasteiger partial charge in [0.25, 0.3) is 0 Å². The zero-order chi connectivity index (χ0) is 14.8. The van der Waals surface area contributed by atoms with Gasteiger partial charge in [0.15, 0.2) is 0 Å². The zero-order valence-electron chi connectivity index (χ0n) is 12.5. The van der Waals surface area contributed by atoms with E-state index in [9.17, 15) is 9.59 Å². The van der Waals surface area contributed by atoms with Gasteiger partial charge in [0.05, 0.1) is 0 Å². The molecule has 0 aromatic carbocycles. The molecule has 1 aliphatic rings. The summed E-state index contributed by atoms with van der Waals surface area (Å²) in [5.41, 5.74) is 0. The summed E-state index contributed by atoms with van der Waals surface area (Å²) < 4.78 is 0. The van der Waals surface area contributed by atoms with E-state index < -0.39 is 5.97 Å². The van der Waals surface area contributed by atoms with E-state index in [2.05, 4.69) is 17.6 Å². The number of hydrogen-bond donors (Lipinski definition) is 3. The number of rotatable bonds is 8.